The van der Waals surface area contributed by atoms with Crippen molar-refractivity contribution in [3.8, 4) is 0 Å². The molecule has 2 N–H and O–H groups in total. The molecule has 0 radical (unpaired) electrons. The van der Waals surface area contributed by atoms with E-state index in [4.69, 9.17) is 5.73 Å². The third-order valence-corrected chi connectivity index (χ3v) is 3.99. The van der Waals surface area contributed by atoms with Crippen LogP contribution in [0.3, 0.4) is 0 Å². The van der Waals surface area contributed by atoms with Gasteiger partial charge in [-0.3, -0.25) is 0 Å². The van der Waals surface area contributed by atoms with Gasteiger partial charge >= 0.3 is 0 Å². The minimum atomic E-state index is -0.828. The zero-order valence-corrected chi connectivity index (χ0v) is 11.7. The summed E-state index contributed by atoms with van der Waals surface area (Å²) in [6.07, 6.45) is 0. The van der Waals surface area contributed by atoms with Crippen molar-refractivity contribution in [3.63, 3.8) is 0 Å². The van der Waals surface area contributed by atoms with Gasteiger partial charge in [0, 0.05) is 20.8 Å². The second-order valence-electron chi connectivity index (χ2n) is 3.72. The lowest BCUT2D eigenvalue weighted by atomic mass is 10.2. The number of benzene rings is 2. The van der Waals surface area contributed by atoms with Gasteiger partial charge in [0.15, 0.2) is 11.6 Å². The summed E-state index contributed by atoms with van der Waals surface area (Å²) in [5, 5.41) is 0. The molecule has 0 bridgehead atoms. The third-order valence-electron chi connectivity index (χ3n) is 2.35. The second kappa shape index (κ2) is 5.71. The van der Waals surface area contributed by atoms with E-state index in [1.807, 2.05) is 12.1 Å². The van der Waals surface area contributed by atoms with Gasteiger partial charge in [0.25, 0.3) is 0 Å². The van der Waals surface area contributed by atoms with Crippen LogP contribution in [0.1, 0.15) is 5.56 Å². The SMILES string of the molecule is Nc1ccc(Br)cc1SCc1ccc(F)c(F)c1. The first-order valence-electron chi connectivity index (χ1n) is 5.18. The third kappa shape index (κ3) is 3.23. The van der Waals surface area contributed by atoms with Crippen LogP contribution < -0.4 is 5.73 Å². The number of hydrogen-bond donors (Lipinski definition) is 1. The van der Waals surface area contributed by atoms with Crippen LogP contribution in [0.2, 0.25) is 0 Å². The number of rotatable bonds is 3. The number of anilines is 1. The summed E-state index contributed by atoms with van der Waals surface area (Å²) >= 11 is 4.85. The molecule has 5 heteroatoms. The van der Waals surface area contributed by atoms with Gasteiger partial charge in [-0.05, 0) is 35.9 Å². The van der Waals surface area contributed by atoms with Gasteiger partial charge in [0.2, 0.25) is 0 Å². The maximum atomic E-state index is 13.0. The van der Waals surface area contributed by atoms with Gasteiger partial charge in [-0.15, -0.1) is 11.8 Å². The predicted octanol–water partition coefficient (Wildman–Crippen LogP) is 4.60. The molecule has 2 aromatic rings. The Hall–Kier alpha value is -1.07. The quantitative estimate of drug-likeness (QED) is 0.657. The molecule has 18 heavy (non-hydrogen) atoms. The lowest BCUT2D eigenvalue weighted by Gasteiger charge is -2.06. The van der Waals surface area contributed by atoms with Gasteiger partial charge < -0.3 is 5.73 Å². The van der Waals surface area contributed by atoms with E-state index in [0.717, 1.165) is 21.0 Å². The van der Waals surface area contributed by atoms with Crippen LogP contribution in [0.5, 0.6) is 0 Å². The normalized spacial score (nSPS) is 10.6. The van der Waals surface area contributed by atoms with Crippen molar-refractivity contribution < 1.29 is 8.78 Å². The number of halogens is 3. The average molecular weight is 330 g/mol. The summed E-state index contributed by atoms with van der Waals surface area (Å²) in [5.41, 5.74) is 7.22. The molecule has 0 saturated carbocycles. The molecule has 2 aromatic carbocycles. The Balaban J connectivity index is 2.11. The molecular formula is C13H10BrF2NS. The van der Waals surface area contributed by atoms with Crippen LogP contribution in [-0.4, -0.2) is 0 Å². The Kier molecular flexibility index (Phi) is 4.24. The first-order valence-corrected chi connectivity index (χ1v) is 6.96. The van der Waals surface area contributed by atoms with Crippen molar-refractivity contribution in [3.05, 3.63) is 58.1 Å². The van der Waals surface area contributed by atoms with Crippen molar-refractivity contribution in [1.29, 1.82) is 0 Å². The maximum absolute atomic E-state index is 13.0. The van der Waals surface area contributed by atoms with Crippen molar-refractivity contribution in [1.82, 2.24) is 0 Å². The zero-order chi connectivity index (χ0) is 13.1. The molecule has 0 spiro atoms. The molecule has 2 rings (SSSR count). The van der Waals surface area contributed by atoms with Crippen molar-refractivity contribution in [2.75, 3.05) is 5.73 Å². The molecule has 94 valence electrons. The predicted molar refractivity (Wildman–Crippen MR) is 74.5 cm³/mol. The van der Waals surface area contributed by atoms with Crippen molar-refractivity contribution in [2.24, 2.45) is 0 Å². The van der Waals surface area contributed by atoms with E-state index in [0.29, 0.717) is 11.4 Å². The van der Waals surface area contributed by atoms with Gasteiger partial charge in [0.05, 0.1) is 0 Å². The molecule has 0 aliphatic carbocycles. The summed E-state index contributed by atoms with van der Waals surface area (Å²) in [5.74, 6) is -1.11. The smallest absolute Gasteiger partial charge is 0.159 e. The molecular weight excluding hydrogens is 320 g/mol. The van der Waals surface area contributed by atoms with Gasteiger partial charge in [0.1, 0.15) is 0 Å². The summed E-state index contributed by atoms with van der Waals surface area (Å²) in [4.78, 5) is 0.911. The van der Waals surface area contributed by atoms with Crippen LogP contribution in [-0.2, 0) is 5.75 Å². The first kappa shape index (κ1) is 13.4. The summed E-state index contributed by atoms with van der Waals surface area (Å²) < 4.78 is 26.7. The molecule has 0 unspecified atom stereocenters. The Morgan fingerprint density at radius 1 is 1.06 bits per heavy atom. The molecule has 0 fully saturated rings. The van der Waals surface area contributed by atoms with Crippen LogP contribution in [0.15, 0.2) is 45.8 Å². The second-order valence-corrected chi connectivity index (χ2v) is 5.65. The summed E-state index contributed by atoms with van der Waals surface area (Å²) in [6.45, 7) is 0. The van der Waals surface area contributed by atoms with Crippen LogP contribution >= 0.6 is 27.7 Å². The largest absolute Gasteiger partial charge is 0.398 e. The Morgan fingerprint density at radius 2 is 1.83 bits per heavy atom. The molecule has 0 atom stereocenters. The lowest BCUT2D eigenvalue weighted by Crippen LogP contribution is -1.90. The molecule has 0 heterocycles. The molecule has 0 saturated heterocycles. The minimum absolute atomic E-state index is 0.540. The van der Waals surface area contributed by atoms with Gasteiger partial charge in [-0.1, -0.05) is 22.0 Å². The summed E-state index contributed by atoms with van der Waals surface area (Å²) in [6, 6.07) is 9.47. The number of nitrogens with two attached hydrogens (primary N) is 1. The van der Waals surface area contributed by atoms with Crippen molar-refractivity contribution >= 4 is 33.4 Å². The fourth-order valence-electron chi connectivity index (χ4n) is 1.42. The number of hydrogen-bond acceptors (Lipinski definition) is 2. The maximum Gasteiger partial charge on any atom is 0.159 e. The van der Waals surface area contributed by atoms with E-state index in [2.05, 4.69) is 15.9 Å². The summed E-state index contributed by atoms with van der Waals surface area (Å²) in [7, 11) is 0. The Bertz CT molecular complexity index is 575. The average Bonchev–Trinajstić information content (AvgIpc) is 2.34. The first-order chi connectivity index (χ1) is 8.56. The fraction of sp³-hybridized carbons (Fsp3) is 0.0769. The van der Waals surface area contributed by atoms with E-state index >= 15 is 0 Å². The monoisotopic (exact) mass is 329 g/mol. The van der Waals surface area contributed by atoms with Crippen LogP contribution in [0, 0.1) is 11.6 Å². The van der Waals surface area contributed by atoms with E-state index in [9.17, 15) is 8.78 Å². The van der Waals surface area contributed by atoms with E-state index < -0.39 is 11.6 Å². The minimum Gasteiger partial charge on any atom is -0.398 e. The highest BCUT2D eigenvalue weighted by Crippen LogP contribution is 2.30. The Morgan fingerprint density at radius 3 is 2.56 bits per heavy atom. The highest BCUT2D eigenvalue weighted by Gasteiger charge is 2.05. The fourth-order valence-corrected chi connectivity index (χ4v) is 2.88. The standard InChI is InChI=1S/C13H10BrF2NS/c14-9-2-4-12(17)13(6-9)18-7-8-1-3-10(15)11(16)5-8/h1-6H,7,17H2. The highest BCUT2D eigenvalue weighted by atomic mass is 79.9. The van der Waals surface area contributed by atoms with Crippen molar-refractivity contribution in [2.45, 2.75) is 10.6 Å². The lowest BCUT2D eigenvalue weighted by molar-refractivity contribution is 0.507. The molecule has 1 nitrogen and oxygen atoms in total. The van der Waals surface area contributed by atoms with Crippen LogP contribution in [0.25, 0.3) is 0 Å². The van der Waals surface area contributed by atoms with Gasteiger partial charge in [-0.2, -0.15) is 0 Å². The molecule has 0 amide bonds. The van der Waals surface area contributed by atoms with Crippen LogP contribution in [0.4, 0.5) is 14.5 Å². The molecule has 0 aliphatic heterocycles. The van der Waals surface area contributed by atoms with E-state index in [1.165, 1.54) is 17.8 Å². The highest BCUT2D eigenvalue weighted by molar-refractivity contribution is 9.10. The Labute approximate surface area is 117 Å². The van der Waals surface area contributed by atoms with E-state index in [-0.39, 0.29) is 0 Å². The number of nitrogen functional groups attached to an aromatic ring is 1. The zero-order valence-electron chi connectivity index (χ0n) is 9.29. The van der Waals surface area contributed by atoms with Gasteiger partial charge in [-0.25, -0.2) is 8.78 Å². The topological polar surface area (TPSA) is 26.0 Å². The van der Waals surface area contributed by atoms with E-state index in [1.54, 1.807) is 12.1 Å². The number of thioether (sulfide) groups is 1. The molecule has 0 aromatic heterocycles. The molecule has 0 aliphatic rings.